The Morgan fingerprint density at radius 3 is 2.80 bits per heavy atom. The van der Waals surface area contributed by atoms with E-state index in [1.54, 1.807) is 0 Å². The van der Waals surface area contributed by atoms with Gasteiger partial charge in [0, 0.05) is 11.0 Å². The highest BCUT2D eigenvalue weighted by Crippen LogP contribution is 2.27. The number of hydrogen-bond donors (Lipinski definition) is 3. The third-order valence-corrected chi connectivity index (χ3v) is 5.35. The van der Waals surface area contributed by atoms with Crippen LogP contribution in [0.1, 0.15) is 12.8 Å². The maximum absolute atomic E-state index is 13.2. The third kappa shape index (κ3) is 3.10. The Morgan fingerprint density at radius 2 is 2.15 bits per heavy atom. The molecule has 1 heterocycles. The third-order valence-electron chi connectivity index (χ3n) is 2.92. The van der Waals surface area contributed by atoms with Crippen molar-refractivity contribution in [1.82, 2.24) is 10.0 Å². The summed E-state index contributed by atoms with van der Waals surface area (Å²) in [5, 5.41) is 2.58. The van der Waals surface area contributed by atoms with Crippen LogP contribution in [0.5, 0.6) is 0 Å². The van der Waals surface area contributed by atoms with Gasteiger partial charge in [-0.05, 0) is 40.9 Å². The van der Waals surface area contributed by atoms with E-state index in [2.05, 4.69) is 26.0 Å². The molecule has 4 N–H and O–H groups in total. The van der Waals surface area contributed by atoms with E-state index in [-0.39, 0.29) is 21.0 Å². The fourth-order valence-electron chi connectivity index (χ4n) is 1.89. The van der Waals surface area contributed by atoms with E-state index in [1.165, 1.54) is 0 Å². The fourth-order valence-corrected chi connectivity index (χ4v) is 4.16. The van der Waals surface area contributed by atoms with Crippen molar-refractivity contribution in [3.63, 3.8) is 0 Å². The molecule has 0 aromatic heterocycles. The molecule has 0 saturated carbocycles. The van der Waals surface area contributed by atoms with E-state index in [0.717, 1.165) is 12.1 Å². The zero-order chi connectivity index (χ0) is 14.9. The topological polar surface area (TPSA) is 101 Å². The SMILES string of the molecule is Nc1cc(S(=O)(=O)NC2CCCNC2=O)c(Br)cc1F. The Bertz CT molecular complexity index is 651. The highest BCUT2D eigenvalue weighted by molar-refractivity contribution is 9.10. The number of hydrogen-bond acceptors (Lipinski definition) is 4. The molecular weight excluding hydrogens is 353 g/mol. The lowest BCUT2D eigenvalue weighted by Crippen LogP contribution is -2.50. The average molecular weight is 366 g/mol. The Labute approximate surface area is 124 Å². The second-order valence-electron chi connectivity index (χ2n) is 4.41. The summed E-state index contributed by atoms with van der Waals surface area (Å²) >= 11 is 2.98. The minimum Gasteiger partial charge on any atom is -0.396 e. The van der Waals surface area contributed by atoms with Gasteiger partial charge < -0.3 is 11.1 Å². The van der Waals surface area contributed by atoms with Gasteiger partial charge in [-0.3, -0.25) is 4.79 Å². The summed E-state index contributed by atoms with van der Waals surface area (Å²) in [6, 6.07) is 1.17. The van der Waals surface area contributed by atoms with Crippen LogP contribution in [-0.2, 0) is 14.8 Å². The number of amides is 1. The molecule has 1 unspecified atom stereocenters. The summed E-state index contributed by atoms with van der Waals surface area (Å²) in [5.74, 6) is -1.09. The number of piperidine rings is 1. The van der Waals surface area contributed by atoms with Crippen molar-refractivity contribution in [1.29, 1.82) is 0 Å². The smallest absolute Gasteiger partial charge is 0.242 e. The molecule has 1 aliphatic heterocycles. The number of benzene rings is 1. The molecule has 1 aliphatic rings. The van der Waals surface area contributed by atoms with E-state index < -0.39 is 21.9 Å². The molecule has 1 aromatic rings. The van der Waals surface area contributed by atoms with Crippen molar-refractivity contribution in [3.05, 3.63) is 22.4 Å². The summed E-state index contributed by atoms with van der Waals surface area (Å²) in [6.07, 6.45) is 1.10. The number of sulfonamides is 1. The lowest BCUT2D eigenvalue weighted by Gasteiger charge is -2.23. The standard InChI is InChI=1S/C11H13BrFN3O3S/c12-6-4-7(13)8(14)5-10(6)20(18,19)16-9-2-1-3-15-11(9)17/h4-5,9,16H,1-3,14H2,(H,15,17). The first-order valence-electron chi connectivity index (χ1n) is 5.86. The molecule has 0 spiro atoms. The van der Waals surface area contributed by atoms with Gasteiger partial charge in [0.15, 0.2) is 0 Å². The van der Waals surface area contributed by atoms with Crippen LogP contribution >= 0.6 is 15.9 Å². The van der Waals surface area contributed by atoms with Crippen molar-refractivity contribution < 1.29 is 17.6 Å². The van der Waals surface area contributed by atoms with Gasteiger partial charge in [-0.25, -0.2) is 12.8 Å². The maximum atomic E-state index is 13.2. The largest absolute Gasteiger partial charge is 0.396 e. The van der Waals surface area contributed by atoms with Crippen LogP contribution < -0.4 is 15.8 Å². The maximum Gasteiger partial charge on any atom is 0.242 e. The van der Waals surface area contributed by atoms with E-state index in [4.69, 9.17) is 5.73 Å². The van der Waals surface area contributed by atoms with Gasteiger partial charge in [0.2, 0.25) is 15.9 Å². The summed E-state index contributed by atoms with van der Waals surface area (Å²) in [5.41, 5.74) is 5.10. The predicted molar refractivity (Wildman–Crippen MR) is 74.9 cm³/mol. The van der Waals surface area contributed by atoms with E-state index in [9.17, 15) is 17.6 Å². The second kappa shape index (κ2) is 5.66. The number of anilines is 1. The number of halogens is 2. The van der Waals surface area contributed by atoms with Gasteiger partial charge in [0.1, 0.15) is 11.9 Å². The Balaban J connectivity index is 2.31. The zero-order valence-corrected chi connectivity index (χ0v) is 12.7. The molecular formula is C11H13BrFN3O3S. The minimum atomic E-state index is -3.97. The molecule has 6 nitrogen and oxygen atoms in total. The molecule has 1 atom stereocenters. The molecule has 1 amide bonds. The number of carbonyl (C=O) groups is 1. The van der Waals surface area contributed by atoms with Gasteiger partial charge >= 0.3 is 0 Å². The van der Waals surface area contributed by atoms with Gasteiger partial charge in [0.25, 0.3) is 0 Å². The number of nitrogens with one attached hydrogen (secondary N) is 2. The number of carbonyl (C=O) groups excluding carboxylic acids is 1. The van der Waals surface area contributed by atoms with Gasteiger partial charge in [-0.1, -0.05) is 0 Å². The lowest BCUT2D eigenvalue weighted by atomic mass is 10.1. The molecule has 1 saturated heterocycles. The molecule has 110 valence electrons. The quantitative estimate of drug-likeness (QED) is 0.687. The van der Waals surface area contributed by atoms with Crippen LogP contribution in [0.25, 0.3) is 0 Å². The first kappa shape index (κ1) is 15.2. The Kier molecular flexibility index (Phi) is 4.31. The fraction of sp³-hybridized carbons (Fsp3) is 0.364. The van der Waals surface area contributed by atoms with Crippen LogP contribution in [-0.4, -0.2) is 26.9 Å². The van der Waals surface area contributed by atoms with Crippen LogP contribution in [0, 0.1) is 5.82 Å². The van der Waals surface area contributed by atoms with E-state index >= 15 is 0 Å². The van der Waals surface area contributed by atoms with E-state index in [0.29, 0.717) is 19.4 Å². The lowest BCUT2D eigenvalue weighted by molar-refractivity contribution is -0.124. The Morgan fingerprint density at radius 1 is 1.45 bits per heavy atom. The summed E-state index contributed by atoms with van der Waals surface area (Å²) < 4.78 is 40.0. The highest BCUT2D eigenvalue weighted by atomic mass is 79.9. The molecule has 2 rings (SSSR count). The van der Waals surface area contributed by atoms with Crippen molar-refractivity contribution in [2.45, 2.75) is 23.8 Å². The summed E-state index contributed by atoms with van der Waals surface area (Å²) in [4.78, 5) is 11.4. The first-order chi connectivity index (χ1) is 9.31. The van der Waals surface area contributed by atoms with Crippen molar-refractivity contribution >= 4 is 37.5 Å². The van der Waals surface area contributed by atoms with Gasteiger partial charge in [-0.2, -0.15) is 4.72 Å². The van der Waals surface area contributed by atoms with Crippen LogP contribution in [0.15, 0.2) is 21.5 Å². The van der Waals surface area contributed by atoms with E-state index in [1.807, 2.05) is 0 Å². The highest BCUT2D eigenvalue weighted by Gasteiger charge is 2.29. The normalized spacial score (nSPS) is 19.7. The molecule has 20 heavy (non-hydrogen) atoms. The molecule has 1 fully saturated rings. The first-order valence-corrected chi connectivity index (χ1v) is 8.13. The predicted octanol–water partition coefficient (Wildman–Crippen LogP) is 0.727. The monoisotopic (exact) mass is 365 g/mol. The average Bonchev–Trinajstić information content (AvgIpc) is 2.36. The van der Waals surface area contributed by atoms with Crippen molar-refractivity contribution in [2.75, 3.05) is 12.3 Å². The van der Waals surface area contributed by atoms with Crippen molar-refractivity contribution in [2.24, 2.45) is 0 Å². The summed E-state index contributed by atoms with van der Waals surface area (Å²) in [6.45, 7) is 0.532. The molecule has 0 radical (unpaired) electrons. The summed E-state index contributed by atoms with van der Waals surface area (Å²) in [7, 11) is -3.97. The molecule has 9 heteroatoms. The minimum absolute atomic E-state index is 0.0490. The van der Waals surface area contributed by atoms with Gasteiger partial charge in [-0.15, -0.1) is 0 Å². The second-order valence-corrected chi connectivity index (χ2v) is 6.95. The number of rotatable bonds is 3. The van der Waals surface area contributed by atoms with Crippen LogP contribution in [0.4, 0.5) is 10.1 Å². The molecule has 0 bridgehead atoms. The zero-order valence-electron chi connectivity index (χ0n) is 10.3. The van der Waals surface area contributed by atoms with Crippen LogP contribution in [0.2, 0.25) is 0 Å². The van der Waals surface area contributed by atoms with Crippen LogP contribution in [0.3, 0.4) is 0 Å². The number of nitrogen functional groups attached to an aromatic ring is 1. The number of nitrogens with two attached hydrogens (primary N) is 1. The van der Waals surface area contributed by atoms with Crippen molar-refractivity contribution in [3.8, 4) is 0 Å². The molecule has 1 aromatic carbocycles. The Hall–Kier alpha value is -1.19. The molecule has 0 aliphatic carbocycles. The van der Waals surface area contributed by atoms with Gasteiger partial charge in [0.05, 0.1) is 10.6 Å².